The third kappa shape index (κ3) is 6.85. The predicted molar refractivity (Wildman–Crippen MR) is 159 cm³/mol. The van der Waals surface area contributed by atoms with Crippen molar-refractivity contribution in [3.63, 3.8) is 0 Å². The first-order chi connectivity index (χ1) is 18.8. The highest BCUT2D eigenvalue weighted by atomic mass is 79.9. The van der Waals surface area contributed by atoms with Gasteiger partial charge in [-0.1, -0.05) is 59.6 Å². The number of carbonyl (C=O) groups is 1. The molecule has 0 bridgehead atoms. The van der Waals surface area contributed by atoms with Crippen molar-refractivity contribution in [1.29, 1.82) is 0 Å². The highest BCUT2D eigenvalue weighted by Crippen LogP contribution is 2.36. The average molecular weight is 612 g/mol. The summed E-state index contributed by atoms with van der Waals surface area (Å²) in [7, 11) is 0. The van der Waals surface area contributed by atoms with Gasteiger partial charge in [0.15, 0.2) is 18.1 Å². The van der Waals surface area contributed by atoms with Crippen LogP contribution in [0.1, 0.15) is 44.5 Å². The summed E-state index contributed by atoms with van der Waals surface area (Å²) < 4.78 is 13.6. The van der Waals surface area contributed by atoms with Crippen LogP contribution in [0.15, 0.2) is 75.0 Å². The zero-order chi connectivity index (χ0) is 27.9. The Hall–Kier alpha value is -3.69. The summed E-state index contributed by atoms with van der Waals surface area (Å²) in [6.07, 6.45) is 2.31. The maximum absolute atomic E-state index is 13.4. The standard InChI is InChI=1S/C29H28BrClN4O4/c1-4-18(3)28-34-24-12-11-20(30)15-22(24)29(37)35(28)32-16-19-13-23(31)27(25(14-19)38-5-2)39-17-26(36)33-21-9-7-6-8-10-21/h6-16,18H,4-5,17H2,1-3H3,(H,33,36)/t18-/m1/s1. The maximum atomic E-state index is 13.4. The molecular formula is C29H28BrClN4O4. The van der Waals surface area contributed by atoms with Crippen molar-refractivity contribution in [2.45, 2.75) is 33.1 Å². The fraction of sp³-hybridized carbons (Fsp3) is 0.241. The lowest BCUT2D eigenvalue weighted by Gasteiger charge is -2.15. The first-order valence-electron chi connectivity index (χ1n) is 12.5. The van der Waals surface area contributed by atoms with Crippen molar-refractivity contribution in [2.24, 2.45) is 5.10 Å². The number of aromatic nitrogens is 2. The smallest absolute Gasteiger partial charge is 0.282 e. The zero-order valence-electron chi connectivity index (χ0n) is 21.8. The molecule has 3 aromatic carbocycles. The minimum atomic E-state index is -0.335. The van der Waals surface area contributed by atoms with Gasteiger partial charge >= 0.3 is 0 Å². The van der Waals surface area contributed by atoms with Gasteiger partial charge in [0.2, 0.25) is 0 Å². The molecule has 0 saturated carbocycles. The van der Waals surface area contributed by atoms with Crippen LogP contribution in [0, 0.1) is 0 Å². The van der Waals surface area contributed by atoms with Gasteiger partial charge in [0.1, 0.15) is 5.82 Å². The molecule has 0 aliphatic carbocycles. The Morgan fingerprint density at radius 2 is 1.92 bits per heavy atom. The molecule has 202 valence electrons. The van der Waals surface area contributed by atoms with Crippen LogP contribution in [0.3, 0.4) is 0 Å². The van der Waals surface area contributed by atoms with Crippen molar-refractivity contribution < 1.29 is 14.3 Å². The minimum absolute atomic E-state index is 0.00304. The van der Waals surface area contributed by atoms with E-state index < -0.39 is 0 Å². The summed E-state index contributed by atoms with van der Waals surface area (Å²) in [5.41, 5.74) is 1.59. The van der Waals surface area contributed by atoms with Gasteiger partial charge in [-0.2, -0.15) is 9.78 Å². The highest BCUT2D eigenvalue weighted by Gasteiger charge is 2.17. The number of fused-ring (bicyclic) bond motifs is 1. The third-order valence-corrected chi connectivity index (χ3v) is 6.72. The zero-order valence-corrected chi connectivity index (χ0v) is 24.1. The molecular weight excluding hydrogens is 584 g/mol. The van der Waals surface area contributed by atoms with Gasteiger partial charge in [0.25, 0.3) is 11.5 Å². The quantitative estimate of drug-likeness (QED) is 0.203. The summed E-state index contributed by atoms with van der Waals surface area (Å²) in [5, 5.41) is 7.96. The van der Waals surface area contributed by atoms with Crippen LogP contribution < -0.4 is 20.3 Å². The molecule has 0 unspecified atom stereocenters. The first kappa shape index (κ1) is 28.3. The SMILES string of the molecule is CCOc1cc(C=Nn2c([C@H](C)CC)nc3ccc(Br)cc3c2=O)cc(Cl)c1OCC(=O)Nc1ccccc1. The number of amides is 1. The normalized spacial score (nSPS) is 12.0. The van der Waals surface area contributed by atoms with E-state index in [2.05, 4.69) is 26.3 Å². The van der Waals surface area contributed by atoms with Crippen molar-refractivity contribution >= 4 is 56.2 Å². The Kier molecular flexibility index (Phi) is 9.37. The summed E-state index contributed by atoms with van der Waals surface area (Å²) in [6.45, 7) is 5.96. The van der Waals surface area contributed by atoms with Gasteiger partial charge in [0.05, 0.1) is 28.7 Å². The van der Waals surface area contributed by atoms with E-state index in [1.807, 2.05) is 51.1 Å². The number of halogens is 2. The minimum Gasteiger partial charge on any atom is -0.490 e. The molecule has 8 nitrogen and oxygen atoms in total. The largest absolute Gasteiger partial charge is 0.490 e. The lowest BCUT2D eigenvalue weighted by atomic mass is 10.1. The van der Waals surface area contributed by atoms with Crippen LogP contribution in [0.4, 0.5) is 5.69 Å². The van der Waals surface area contributed by atoms with Crippen molar-refractivity contribution in [3.8, 4) is 11.5 Å². The lowest BCUT2D eigenvalue weighted by molar-refractivity contribution is -0.118. The van der Waals surface area contributed by atoms with Gasteiger partial charge in [-0.25, -0.2) is 4.98 Å². The van der Waals surface area contributed by atoms with E-state index in [1.165, 1.54) is 10.9 Å². The maximum Gasteiger partial charge on any atom is 0.282 e. The van der Waals surface area contributed by atoms with Crippen molar-refractivity contribution in [3.05, 3.63) is 91.9 Å². The fourth-order valence-electron chi connectivity index (χ4n) is 3.83. The van der Waals surface area contributed by atoms with E-state index in [1.54, 1.807) is 30.3 Å². The number of nitrogens with zero attached hydrogens (tertiary/aromatic N) is 3. The number of hydrogen-bond acceptors (Lipinski definition) is 6. The van der Waals surface area contributed by atoms with E-state index >= 15 is 0 Å². The number of nitrogens with one attached hydrogen (secondary N) is 1. The van der Waals surface area contributed by atoms with Gasteiger partial charge in [-0.05, 0) is 61.4 Å². The number of rotatable bonds is 10. The molecule has 39 heavy (non-hydrogen) atoms. The van der Waals surface area contributed by atoms with E-state index in [4.69, 9.17) is 26.1 Å². The number of ether oxygens (including phenoxy) is 2. The Labute approximate surface area is 239 Å². The molecule has 1 heterocycles. The molecule has 1 atom stereocenters. The number of hydrogen-bond donors (Lipinski definition) is 1. The second-order valence-corrected chi connectivity index (χ2v) is 10.1. The second kappa shape index (κ2) is 12.9. The van der Waals surface area contributed by atoms with Gasteiger partial charge in [-0.15, -0.1) is 0 Å². The molecule has 1 N–H and O–H groups in total. The van der Waals surface area contributed by atoms with E-state index in [0.29, 0.717) is 40.3 Å². The Morgan fingerprint density at radius 1 is 1.15 bits per heavy atom. The molecule has 4 aromatic rings. The predicted octanol–water partition coefficient (Wildman–Crippen LogP) is 6.62. The Balaban J connectivity index is 1.64. The first-order valence-corrected chi connectivity index (χ1v) is 13.7. The lowest BCUT2D eigenvalue weighted by Crippen LogP contribution is -2.23. The van der Waals surface area contributed by atoms with Crippen LogP contribution in [-0.4, -0.2) is 35.0 Å². The number of carbonyl (C=O) groups excluding carboxylic acids is 1. The van der Waals surface area contributed by atoms with Crippen LogP contribution in [0.25, 0.3) is 10.9 Å². The van der Waals surface area contributed by atoms with Gasteiger partial charge in [-0.3, -0.25) is 9.59 Å². The van der Waals surface area contributed by atoms with E-state index in [9.17, 15) is 9.59 Å². The summed E-state index contributed by atoms with van der Waals surface area (Å²) >= 11 is 9.97. The van der Waals surface area contributed by atoms with E-state index in [0.717, 1.165) is 10.9 Å². The molecule has 0 spiro atoms. The number of para-hydroxylation sites is 1. The summed E-state index contributed by atoms with van der Waals surface area (Å²) in [4.78, 5) is 30.5. The summed E-state index contributed by atoms with van der Waals surface area (Å²) in [6, 6.07) is 17.8. The van der Waals surface area contributed by atoms with Crippen LogP contribution in [-0.2, 0) is 4.79 Å². The third-order valence-electron chi connectivity index (χ3n) is 5.95. The molecule has 1 amide bonds. The fourth-order valence-corrected chi connectivity index (χ4v) is 4.46. The molecule has 10 heteroatoms. The van der Waals surface area contributed by atoms with Crippen LogP contribution >= 0.6 is 27.5 Å². The average Bonchev–Trinajstić information content (AvgIpc) is 2.92. The Morgan fingerprint density at radius 3 is 2.64 bits per heavy atom. The van der Waals surface area contributed by atoms with Gasteiger partial charge < -0.3 is 14.8 Å². The van der Waals surface area contributed by atoms with Crippen LogP contribution in [0.2, 0.25) is 5.02 Å². The molecule has 0 saturated heterocycles. The molecule has 0 aliphatic heterocycles. The molecule has 4 rings (SSSR count). The Bertz CT molecular complexity index is 1570. The molecule has 0 aliphatic rings. The molecule has 0 fully saturated rings. The molecule has 0 radical (unpaired) electrons. The monoisotopic (exact) mass is 610 g/mol. The van der Waals surface area contributed by atoms with Crippen molar-refractivity contribution in [2.75, 3.05) is 18.5 Å². The van der Waals surface area contributed by atoms with E-state index in [-0.39, 0.29) is 34.8 Å². The second-order valence-electron chi connectivity index (χ2n) is 8.77. The summed E-state index contributed by atoms with van der Waals surface area (Å²) in [5.74, 6) is 0.831. The topological polar surface area (TPSA) is 94.8 Å². The number of benzene rings is 3. The number of anilines is 1. The molecule has 1 aromatic heterocycles. The van der Waals surface area contributed by atoms with Gasteiger partial charge in [0, 0.05) is 16.1 Å². The van der Waals surface area contributed by atoms with Crippen molar-refractivity contribution in [1.82, 2.24) is 9.66 Å². The highest BCUT2D eigenvalue weighted by molar-refractivity contribution is 9.10. The van der Waals surface area contributed by atoms with Crippen LogP contribution in [0.5, 0.6) is 11.5 Å².